The van der Waals surface area contributed by atoms with Crippen LogP contribution in [0.1, 0.15) is 36.7 Å². The Morgan fingerprint density at radius 2 is 1.69 bits per heavy atom. The normalized spacial score (nSPS) is 17.3. The third kappa shape index (κ3) is 3.55. The number of aromatic hydroxyl groups is 1. The SMILES string of the molecule is CCN1CCN([C@@H](c2ccccc2)c2c(O)cc(C)n(CC)c2=O)CC1. The summed E-state index contributed by atoms with van der Waals surface area (Å²) in [6, 6.07) is 11.6. The van der Waals surface area contributed by atoms with Crippen LogP contribution in [-0.4, -0.2) is 52.2 Å². The first-order valence-corrected chi connectivity index (χ1v) is 9.51. The van der Waals surface area contributed by atoms with Crippen LogP contribution in [0.15, 0.2) is 41.2 Å². The molecule has 1 fully saturated rings. The largest absolute Gasteiger partial charge is 0.507 e. The first-order valence-electron chi connectivity index (χ1n) is 9.51. The Morgan fingerprint density at radius 3 is 2.27 bits per heavy atom. The summed E-state index contributed by atoms with van der Waals surface area (Å²) in [5, 5.41) is 10.7. The average molecular weight is 355 g/mol. The molecule has 3 rings (SSSR count). The predicted molar refractivity (Wildman–Crippen MR) is 105 cm³/mol. The summed E-state index contributed by atoms with van der Waals surface area (Å²) < 4.78 is 1.74. The zero-order valence-electron chi connectivity index (χ0n) is 16.0. The standard InChI is InChI=1S/C21H29N3O2/c1-4-22-11-13-23(14-12-22)20(17-9-7-6-8-10-17)19-18(25)15-16(3)24(5-2)21(19)26/h6-10,15,20,25H,4-5,11-14H2,1-3H3/t20-/m0/s1. The quantitative estimate of drug-likeness (QED) is 0.896. The molecular formula is C21H29N3O2. The maximum Gasteiger partial charge on any atom is 0.259 e. The summed E-state index contributed by atoms with van der Waals surface area (Å²) in [6.07, 6.45) is 0. The van der Waals surface area contributed by atoms with E-state index >= 15 is 0 Å². The number of pyridine rings is 1. The number of hydrogen-bond acceptors (Lipinski definition) is 4. The Kier molecular flexibility index (Phi) is 5.79. The molecule has 0 spiro atoms. The monoisotopic (exact) mass is 355 g/mol. The molecule has 5 nitrogen and oxygen atoms in total. The summed E-state index contributed by atoms with van der Waals surface area (Å²) in [7, 11) is 0. The Labute approximate surface area is 155 Å². The van der Waals surface area contributed by atoms with Crippen molar-refractivity contribution >= 4 is 0 Å². The van der Waals surface area contributed by atoms with Crippen LogP contribution in [0.3, 0.4) is 0 Å². The topological polar surface area (TPSA) is 48.7 Å². The van der Waals surface area contributed by atoms with E-state index in [1.165, 1.54) is 0 Å². The summed E-state index contributed by atoms with van der Waals surface area (Å²) >= 11 is 0. The van der Waals surface area contributed by atoms with Gasteiger partial charge in [0.2, 0.25) is 0 Å². The molecule has 0 radical (unpaired) electrons. The van der Waals surface area contributed by atoms with Crippen LogP contribution in [0, 0.1) is 6.92 Å². The van der Waals surface area contributed by atoms with Gasteiger partial charge in [0, 0.05) is 38.4 Å². The molecular weight excluding hydrogens is 326 g/mol. The van der Waals surface area contributed by atoms with Crippen LogP contribution in [0.2, 0.25) is 0 Å². The first-order chi connectivity index (χ1) is 12.6. The van der Waals surface area contributed by atoms with Gasteiger partial charge in [0.15, 0.2) is 0 Å². The third-order valence-electron chi connectivity index (χ3n) is 5.45. The van der Waals surface area contributed by atoms with Crippen molar-refractivity contribution in [3.63, 3.8) is 0 Å². The second-order valence-corrected chi connectivity index (χ2v) is 6.92. The van der Waals surface area contributed by atoms with E-state index in [4.69, 9.17) is 0 Å². The van der Waals surface area contributed by atoms with Crippen molar-refractivity contribution in [3.05, 3.63) is 63.6 Å². The van der Waals surface area contributed by atoms with Crippen LogP contribution >= 0.6 is 0 Å². The molecule has 0 saturated carbocycles. The van der Waals surface area contributed by atoms with Crippen LogP contribution in [0.25, 0.3) is 0 Å². The van der Waals surface area contributed by atoms with Crippen molar-refractivity contribution in [1.82, 2.24) is 14.4 Å². The molecule has 2 heterocycles. The number of aryl methyl sites for hydroxylation is 1. The zero-order valence-corrected chi connectivity index (χ0v) is 16.0. The lowest BCUT2D eigenvalue weighted by Gasteiger charge is -2.39. The number of nitrogens with zero attached hydrogens (tertiary/aromatic N) is 3. The van der Waals surface area contributed by atoms with E-state index in [1.807, 2.05) is 44.2 Å². The molecule has 0 amide bonds. The van der Waals surface area contributed by atoms with Gasteiger partial charge in [0.1, 0.15) is 5.75 Å². The van der Waals surface area contributed by atoms with E-state index in [0.717, 1.165) is 44.0 Å². The highest BCUT2D eigenvalue weighted by Crippen LogP contribution is 2.33. The van der Waals surface area contributed by atoms with Gasteiger partial charge in [0.25, 0.3) is 5.56 Å². The summed E-state index contributed by atoms with van der Waals surface area (Å²) in [6.45, 7) is 11.4. The minimum absolute atomic E-state index is 0.0863. The summed E-state index contributed by atoms with van der Waals surface area (Å²) in [5.74, 6) is 0.101. The highest BCUT2D eigenvalue weighted by atomic mass is 16.3. The van der Waals surface area contributed by atoms with Crippen LogP contribution in [0.5, 0.6) is 5.75 Å². The van der Waals surface area contributed by atoms with Crippen molar-refractivity contribution in [2.24, 2.45) is 0 Å². The summed E-state index contributed by atoms with van der Waals surface area (Å²) in [5.41, 5.74) is 2.25. The van der Waals surface area contributed by atoms with Gasteiger partial charge in [0.05, 0.1) is 11.6 Å². The Hall–Kier alpha value is -2.11. The minimum Gasteiger partial charge on any atom is -0.507 e. The molecule has 1 N–H and O–H groups in total. The first kappa shape index (κ1) is 18.7. The molecule has 1 aromatic carbocycles. The molecule has 5 heteroatoms. The minimum atomic E-state index is -0.221. The van der Waals surface area contributed by atoms with Crippen LogP contribution in [0.4, 0.5) is 0 Å². The second kappa shape index (κ2) is 8.06. The molecule has 2 aromatic rings. The molecule has 1 atom stereocenters. The number of aromatic nitrogens is 1. The Bertz CT molecular complexity index is 793. The number of likely N-dealkylation sites (N-methyl/N-ethyl adjacent to an activating group) is 1. The molecule has 0 bridgehead atoms. The third-order valence-corrected chi connectivity index (χ3v) is 5.45. The van der Waals surface area contributed by atoms with Crippen LogP contribution in [-0.2, 0) is 6.54 Å². The van der Waals surface area contributed by atoms with Gasteiger partial charge in [-0.1, -0.05) is 37.3 Å². The van der Waals surface area contributed by atoms with Crippen molar-refractivity contribution in [1.29, 1.82) is 0 Å². The van der Waals surface area contributed by atoms with Gasteiger partial charge in [-0.15, -0.1) is 0 Å². The average Bonchev–Trinajstić information content (AvgIpc) is 2.66. The molecule has 0 unspecified atom stereocenters. The number of benzene rings is 1. The lowest BCUT2D eigenvalue weighted by molar-refractivity contribution is 0.111. The number of piperazine rings is 1. The lowest BCUT2D eigenvalue weighted by Crippen LogP contribution is -2.48. The molecule has 140 valence electrons. The Morgan fingerprint density at radius 1 is 1.04 bits per heavy atom. The highest BCUT2D eigenvalue weighted by molar-refractivity contribution is 5.41. The van der Waals surface area contributed by atoms with Crippen molar-refractivity contribution < 1.29 is 5.11 Å². The molecule has 1 saturated heterocycles. The number of rotatable bonds is 5. The Balaban J connectivity index is 2.10. The predicted octanol–water partition coefficient (Wildman–Crippen LogP) is 2.61. The van der Waals surface area contributed by atoms with E-state index < -0.39 is 0 Å². The van der Waals surface area contributed by atoms with E-state index in [1.54, 1.807) is 10.6 Å². The number of hydrogen-bond donors (Lipinski definition) is 1. The van der Waals surface area contributed by atoms with E-state index in [2.05, 4.69) is 16.7 Å². The van der Waals surface area contributed by atoms with Crippen molar-refractivity contribution in [2.75, 3.05) is 32.7 Å². The lowest BCUT2D eigenvalue weighted by atomic mass is 9.96. The smallest absolute Gasteiger partial charge is 0.259 e. The van der Waals surface area contributed by atoms with E-state index in [-0.39, 0.29) is 17.4 Å². The summed E-state index contributed by atoms with van der Waals surface area (Å²) in [4.78, 5) is 17.9. The molecule has 1 aliphatic rings. The van der Waals surface area contributed by atoms with Gasteiger partial charge < -0.3 is 14.6 Å². The highest BCUT2D eigenvalue weighted by Gasteiger charge is 2.30. The second-order valence-electron chi connectivity index (χ2n) is 6.92. The zero-order chi connectivity index (χ0) is 18.7. The molecule has 0 aliphatic carbocycles. The van der Waals surface area contributed by atoms with Gasteiger partial charge in [-0.25, -0.2) is 0 Å². The van der Waals surface area contributed by atoms with Gasteiger partial charge >= 0.3 is 0 Å². The molecule has 1 aromatic heterocycles. The van der Waals surface area contributed by atoms with E-state index in [0.29, 0.717) is 12.1 Å². The molecule has 26 heavy (non-hydrogen) atoms. The van der Waals surface area contributed by atoms with E-state index in [9.17, 15) is 9.90 Å². The fraction of sp³-hybridized carbons (Fsp3) is 0.476. The van der Waals surface area contributed by atoms with Gasteiger partial charge in [-0.3, -0.25) is 9.69 Å². The molecule has 1 aliphatic heterocycles. The fourth-order valence-corrected chi connectivity index (χ4v) is 3.95. The van der Waals surface area contributed by atoms with Crippen molar-refractivity contribution in [3.8, 4) is 5.75 Å². The van der Waals surface area contributed by atoms with Crippen molar-refractivity contribution in [2.45, 2.75) is 33.4 Å². The maximum absolute atomic E-state index is 13.2. The van der Waals surface area contributed by atoms with Gasteiger partial charge in [-0.2, -0.15) is 0 Å². The fourth-order valence-electron chi connectivity index (χ4n) is 3.95. The van der Waals surface area contributed by atoms with Gasteiger partial charge in [-0.05, 0) is 32.0 Å². The maximum atomic E-state index is 13.2. The van der Waals surface area contributed by atoms with Crippen LogP contribution < -0.4 is 5.56 Å².